The fraction of sp³-hybridized carbons (Fsp3) is 0.484. The third-order valence-electron chi connectivity index (χ3n) is 7.75. The van der Waals surface area contributed by atoms with Crippen molar-refractivity contribution in [2.75, 3.05) is 32.8 Å². The van der Waals surface area contributed by atoms with E-state index in [2.05, 4.69) is 25.9 Å². The van der Waals surface area contributed by atoms with Crippen molar-refractivity contribution in [3.63, 3.8) is 0 Å². The Balaban J connectivity index is 1.44. The van der Waals surface area contributed by atoms with Crippen molar-refractivity contribution in [2.45, 2.75) is 51.6 Å². The molecule has 0 aliphatic carbocycles. The van der Waals surface area contributed by atoms with E-state index in [-0.39, 0.29) is 53.4 Å². The van der Waals surface area contributed by atoms with Crippen LogP contribution in [-0.2, 0) is 20.7 Å². The highest BCUT2D eigenvalue weighted by Crippen LogP contribution is 2.27. The van der Waals surface area contributed by atoms with E-state index in [1.165, 1.54) is 22.7 Å². The number of fused-ring (bicyclic) bond motifs is 4. The first-order valence-electron chi connectivity index (χ1n) is 15.0. The minimum absolute atomic E-state index is 0.0117. The number of benzene rings is 1. The van der Waals surface area contributed by atoms with E-state index in [4.69, 9.17) is 4.74 Å². The molecule has 2 aliphatic heterocycles. The minimum Gasteiger partial charge on any atom is -0.381 e. The summed E-state index contributed by atoms with van der Waals surface area (Å²) < 4.78 is 5.44. The van der Waals surface area contributed by atoms with Crippen LogP contribution in [0.3, 0.4) is 0 Å². The lowest BCUT2D eigenvalue weighted by Gasteiger charge is -2.29. The third-order valence-corrected chi connectivity index (χ3v) is 9.64. The lowest BCUT2D eigenvalue weighted by atomic mass is 9.98. The highest BCUT2D eigenvalue weighted by atomic mass is 32.1. The first kappa shape index (κ1) is 31.7. The summed E-state index contributed by atoms with van der Waals surface area (Å²) in [5, 5.41) is 13.6. The van der Waals surface area contributed by atoms with Gasteiger partial charge in [-0.1, -0.05) is 44.2 Å². The van der Waals surface area contributed by atoms with Crippen molar-refractivity contribution in [3.05, 3.63) is 68.1 Å². The molecule has 11 nitrogen and oxygen atoms in total. The molecule has 234 valence electrons. The van der Waals surface area contributed by atoms with Gasteiger partial charge in [-0.05, 0) is 37.2 Å². The maximum absolute atomic E-state index is 13.5. The molecule has 2 atom stereocenters. The van der Waals surface area contributed by atoms with Gasteiger partial charge in [0, 0.05) is 43.0 Å². The lowest BCUT2D eigenvalue weighted by molar-refractivity contribution is -0.142. The molecule has 0 unspecified atom stereocenters. The molecule has 0 spiro atoms. The van der Waals surface area contributed by atoms with Gasteiger partial charge in [-0.3, -0.25) is 19.2 Å². The van der Waals surface area contributed by atoms with Crippen molar-refractivity contribution < 1.29 is 23.9 Å². The van der Waals surface area contributed by atoms with Crippen molar-refractivity contribution >= 4 is 46.3 Å². The van der Waals surface area contributed by atoms with E-state index < -0.39 is 12.1 Å². The fourth-order valence-electron chi connectivity index (χ4n) is 5.31. The largest absolute Gasteiger partial charge is 0.381 e. The van der Waals surface area contributed by atoms with Crippen LogP contribution in [0.2, 0.25) is 0 Å². The summed E-state index contributed by atoms with van der Waals surface area (Å²) in [6, 6.07) is 8.85. The predicted molar refractivity (Wildman–Crippen MR) is 167 cm³/mol. The molecule has 5 rings (SSSR count). The van der Waals surface area contributed by atoms with E-state index in [0.717, 1.165) is 5.56 Å². The van der Waals surface area contributed by atoms with Gasteiger partial charge in [0.15, 0.2) is 0 Å². The number of hydrogen-bond donors (Lipinski definition) is 3. The van der Waals surface area contributed by atoms with Gasteiger partial charge < -0.3 is 25.6 Å². The summed E-state index contributed by atoms with van der Waals surface area (Å²) in [7, 11) is 0. The standard InChI is InChI=1S/C31H38N6O5S2/c1-19(2)26-30-35-23(17-44-30)27(39)32-11-6-12-37(31(41)21-9-13-42-14-10-21)16-25(38)33-22(15-20-7-4-3-5-8-20)29-34-24(18-43-29)28(40)36-26/h3-5,7-8,17-19,21-22,26H,6,9-16H2,1-2H3,(H,32,39)(H,33,38)(H,36,40)/t22-,26-/m0/s1. The molecule has 4 amide bonds. The summed E-state index contributed by atoms with van der Waals surface area (Å²) in [5.41, 5.74) is 1.52. The van der Waals surface area contributed by atoms with Crippen LogP contribution in [0.1, 0.15) is 81.7 Å². The van der Waals surface area contributed by atoms with Crippen LogP contribution >= 0.6 is 22.7 Å². The van der Waals surface area contributed by atoms with Crippen LogP contribution in [0.4, 0.5) is 0 Å². The molecular weight excluding hydrogens is 601 g/mol. The third kappa shape index (κ3) is 8.07. The van der Waals surface area contributed by atoms with Crippen LogP contribution in [-0.4, -0.2) is 71.3 Å². The topological polar surface area (TPSA) is 143 Å². The van der Waals surface area contributed by atoms with Crippen LogP contribution in [0.25, 0.3) is 0 Å². The van der Waals surface area contributed by atoms with Gasteiger partial charge >= 0.3 is 0 Å². The number of thiazole rings is 2. The Hall–Kier alpha value is -3.68. The SMILES string of the molecule is CC(C)[C@@H]1NC(=O)c2csc(n2)[C@H](Cc2ccccc2)NC(=O)CN(C(=O)C2CCOCC2)CCCNC(=O)c2csc1n2. The zero-order chi connectivity index (χ0) is 31.1. The number of nitrogens with zero attached hydrogens (tertiary/aromatic N) is 3. The average Bonchev–Trinajstić information content (AvgIpc) is 3.72. The second-order valence-corrected chi connectivity index (χ2v) is 13.2. The van der Waals surface area contributed by atoms with Crippen molar-refractivity contribution in [2.24, 2.45) is 11.8 Å². The Morgan fingerprint density at radius 1 is 0.977 bits per heavy atom. The summed E-state index contributed by atoms with van der Waals surface area (Å²) in [5.74, 6) is -1.29. The van der Waals surface area contributed by atoms with Crippen LogP contribution in [0.15, 0.2) is 41.1 Å². The average molecular weight is 639 g/mol. The molecule has 3 N–H and O–H groups in total. The number of nitrogens with one attached hydrogen (secondary N) is 3. The van der Waals surface area contributed by atoms with Crippen LogP contribution < -0.4 is 16.0 Å². The second-order valence-electron chi connectivity index (χ2n) is 11.4. The van der Waals surface area contributed by atoms with Gasteiger partial charge in [0.2, 0.25) is 11.8 Å². The normalized spacial score (nSPS) is 21.1. The Morgan fingerprint density at radius 2 is 1.66 bits per heavy atom. The van der Waals surface area contributed by atoms with Gasteiger partial charge in [-0.15, -0.1) is 22.7 Å². The summed E-state index contributed by atoms with van der Waals surface area (Å²) in [6.07, 6.45) is 2.16. The molecule has 44 heavy (non-hydrogen) atoms. The summed E-state index contributed by atoms with van der Waals surface area (Å²) >= 11 is 2.63. The highest BCUT2D eigenvalue weighted by Gasteiger charge is 2.30. The Labute approximate surface area is 264 Å². The molecule has 1 saturated heterocycles. The quantitative estimate of drug-likeness (QED) is 0.397. The molecule has 4 bridgehead atoms. The number of carbonyl (C=O) groups is 4. The molecule has 0 saturated carbocycles. The van der Waals surface area contributed by atoms with E-state index in [9.17, 15) is 19.2 Å². The first-order valence-corrected chi connectivity index (χ1v) is 16.7. The van der Waals surface area contributed by atoms with Gasteiger partial charge in [-0.25, -0.2) is 9.97 Å². The smallest absolute Gasteiger partial charge is 0.271 e. The van der Waals surface area contributed by atoms with E-state index in [0.29, 0.717) is 62.0 Å². The van der Waals surface area contributed by atoms with E-state index >= 15 is 0 Å². The maximum atomic E-state index is 13.5. The number of amides is 4. The monoisotopic (exact) mass is 638 g/mol. The Kier molecular flexibility index (Phi) is 10.7. The maximum Gasteiger partial charge on any atom is 0.271 e. The minimum atomic E-state index is -0.500. The number of ether oxygens (including phenoxy) is 1. The van der Waals surface area contributed by atoms with E-state index in [1.807, 2.05) is 44.2 Å². The van der Waals surface area contributed by atoms with Crippen LogP contribution in [0.5, 0.6) is 0 Å². The summed E-state index contributed by atoms with van der Waals surface area (Å²) in [6.45, 7) is 5.48. The molecule has 3 aromatic rings. The number of hydrogen-bond acceptors (Lipinski definition) is 9. The fourth-order valence-corrected chi connectivity index (χ4v) is 7.18. The van der Waals surface area contributed by atoms with Gasteiger partial charge in [0.25, 0.3) is 11.8 Å². The zero-order valence-corrected chi connectivity index (χ0v) is 26.5. The lowest BCUT2D eigenvalue weighted by Crippen LogP contribution is -2.46. The molecule has 1 fully saturated rings. The van der Waals surface area contributed by atoms with Gasteiger partial charge in [-0.2, -0.15) is 0 Å². The molecule has 2 aliphatic rings. The van der Waals surface area contributed by atoms with E-state index in [1.54, 1.807) is 15.7 Å². The Bertz CT molecular complexity index is 1450. The molecule has 2 aromatic heterocycles. The van der Waals surface area contributed by atoms with Crippen molar-refractivity contribution in [1.29, 1.82) is 0 Å². The second kappa shape index (κ2) is 14.9. The van der Waals surface area contributed by atoms with Gasteiger partial charge in [0.1, 0.15) is 21.4 Å². The number of carbonyl (C=O) groups excluding carboxylic acids is 4. The molecular formula is C31H38N6O5S2. The number of aromatic nitrogens is 2. The molecule has 4 heterocycles. The van der Waals surface area contributed by atoms with Crippen molar-refractivity contribution in [3.8, 4) is 0 Å². The van der Waals surface area contributed by atoms with Crippen LogP contribution in [0, 0.1) is 11.8 Å². The molecule has 1 aromatic carbocycles. The van der Waals surface area contributed by atoms with Gasteiger partial charge in [0.05, 0.1) is 18.6 Å². The predicted octanol–water partition coefficient (Wildman–Crippen LogP) is 3.52. The van der Waals surface area contributed by atoms with Crippen molar-refractivity contribution in [1.82, 2.24) is 30.8 Å². The first-order chi connectivity index (χ1) is 21.3. The highest BCUT2D eigenvalue weighted by molar-refractivity contribution is 7.10. The molecule has 0 radical (unpaired) electrons. The summed E-state index contributed by atoms with van der Waals surface area (Å²) in [4.78, 5) is 64.1. The zero-order valence-electron chi connectivity index (χ0n) is 24.9. The molecule has 13 heteroatoms. The number of rotatable bonds is 4. The Morgan fingerprint density at radius 3 is 2.39 bits per heavy atom.